The molecular formula is C21H18N2O7S. The van der Waals surface area contributed by atoms with Crippen LogP contribution in [-0.2, 0) is 9.59 Å². The molecule has 31 heavy (non-hydrogen) atoms. The van der Waals surface area contributed by atoms with Gasteiger partial charge in [-0.1, -0.05) is 0 Å². The first-order chi connectivity index (χ1) is 15.0. The van der Waals surface area contributed by atoms with Crippen molar-refractivity contribution < 1.29 is 33.3 Å². The number of hydrogen-bond acceptors (Lipinski definition) is 8. The lowest BCUT2D eigenvalue weighted by molar-refractivity contribution is -0.127. The van der Waals surface area contributed by atoms with Crippen LogP contribution < -0.4 is 24.3 Å². The third-order valence-electron chi connectivity index (χ3n) is 4.56. The van der Waals surface area contributed by atoms with Crippen molar-refractivity contribution in [2.45, 2.75) is 0 Å². The van der Waals surface area contributed by atoms with Crippen molar-refractivity contribution in [1.29, 1.82) is 0 Å². The predicted octanol–water partition coefficient (Wildman–Crippen LogP) is 3.11. The number of nitrogens with zero attached hydrogens (tertiary/aromatic N) is 1. The number of hydrogen-bond donors (Lipinski definition) is 1. The fourth-order valence-electron chi connectivity index (χ4n) is 3.05. The largest absolute Gasteiger partial charge is 0.497 e. The van der Waals surface area contributed by atoms with Gasteiger partial charge in [-0.3, -0.25) is 19.3 Å². The molecule has 0 unspecified atom stereocenters. The number of amides is 3. The second-order valence-electron chi connectivity index (χ2n) is 6.49. The smallest absolute Gasteiger partial charge is 0.294 e. The zero-order valence-electron chi connectivity index (χ0n) is 16.7. The molecule has 4 rings (SSSR count). The fraction of sp³-hybridized carbons (Fsp3) is 0.190. The van der Waals surface area contributed by atoms with E-state index in [-0.39, 0.29) is 11.7 Å². The van der Waals surface area contributed by atoms with Crippen molar-refractivity contribution in [3.63, 3.8) is 0 Å². The normalized spacial score (nSPS) is 16.1. The molecule has 1 N–H and O–H groups in total. The minimum atomic E-state index is -0.555. The second kappa shape index (κ2) is 8.60. The summed E-state index contributed by atoms with van der Waals surface area (Å²) in [6.07, 6.45) is 1.54. The number of methoxy groups -OCH3 is 2. The molecule has 1 saturated heterocycles. The first-order valence-electron chi connectivity index (χ1n) is 9.15. The van der Waals surface area contributed by atoms with Crippen LogP contribution in [0.15, 0.2) is 41.3 Å². The summed E-state index contributed by atoms with van der Waals surface area (Å²) in [6.45, 7) is -0.292. The molecule has 1 fully saturated rings. The lowest BCUT2D eigenvalue weighted by atomic mass is 10.1. The molecule has 10 heteroatoms. The van der Waals surface area contributed by atoms with Crippen LogP contribution in [0, 0.1) is 0 Å². The standard InChI is InChI=1S/C21H18N2O7S/c1-27-14-4-6-15(28-2)12(7-14)8-18-20(25)23(21(26)31-18)10-19(24)22-13-3-5-16-17(9-13)30-11-29-16/h3-9H,10-11H2,1-2H3,(H,22,24)/b18-8+. The summed E-state index contributed by atoms with van der Waals surface area (Å²) in [5, 5.41) is 2.12. The Bertz CT molecular complexity index is 1100. The SMILES string of the molecule is COc1ccc(OC)c(/C=C2/SC(=O)N(CC(=O)Nc3ccc4c(c3)OCO4)C2=O)c1. The zero-order valence-corrected chi connectivity index (χ0v) is 17.5. The quantitative estimate of drug-likeness (QED) is 0.681. The van der Waals surface area contributed by atoms with Gasteiger partial charge >= 0.3 is 0 Å². The number of rotatable bonds is 6. The molecule has 3 amide bonds. The maximum Gasteiger partial charge on any atom is 0.294 e. The zero-order chi connectivity index (χ0) is 22.0. The number of ether oxygens (including phenoxy) is 4. The maximum absolute atomic E-state index is 12.7. The number of fused-ring (bicyclic) bond motifs is 1. The van der Waals surface area contributed by atoms with E-state index < -0.39 is 23.6 Å². The Morgan fingerprint density at radius 1 is 1.13 bits per heavy atom. The highest BCUT2D eigenvalue weighted by Crippen LogP contribution is 2.36. The first kappa shape index (κ1) is 20.6. The Kier molecular flexibility index (Phi) is 5.72. The lowest BCUT2D eigenvalue weighted by Gasteiger charge is -2.12. The van der Waals surface area contributed by atoms with Crippen LogP contribution >= 0.6 is 11.8 Å². The minimum absolute atomic E-state index is 0.119. The van der Waals surface area contributed by atoms with Crippen molar-refractivity contribution in [1.82, 2.24) is 4.90 Å². The van der Waals surface area contributed by atoms with Gasteiger partial charge in [0.25, 0.3) is 11.1 Å². The van der Waals surface area contributed by atoms with E-state index in [0.717, 1.165) is 16.7 Å². The summed E-state index contributed by atoms with van der Waals surface area (Å²) in [7, 11) is 3.03. The fourth-order valence-corrected chi connectivity index (χ4v) is 3.88. The van der Waals surface area contributed by atoms with Gasteiger partial charge in [-0.2, -0.15) is 0 Å². The summed E-state index contributed by atoms with van der Waals surface area (Å²) in [4.78, 5) is 38.6. The molecule has 0 radical (unpaired) electrons. The topological polar surface area (TPSA) is 103 Å². The van der Waals surface area contributed by atoms with Gasteiger partial charge in [0.05, 0.1) is 19.1 Å². The number of anilines is 1. The van der Waals surface area contributed by atoms with Crippen molar-refractivity contribution in [2.75, 3.05) is 32.9 Å². The average Bonchev–Trinajstić information content (AvgIpc) is 3.33. The van der Waals surface area contributed by atoms with Crippen molar-refractivity contribution in [2.24, 2.45) is 0 Å². The van der Waals surface area contributed by atoms with Gasteiger partial charge < -0.3 is 24.3 Å². The Morgan fingerprint density at radius 2 is 1.94 bits per heavy atom. The van der Waals surface area contributed by atoms with E-state index >= 15 is 0 Å². The number of thioether (sulfide) groups is 1. The Morgan fingerprint density at radius 3 is 2.71 bits per heavy atom. The third-order valence-corrected chi connectivity index (χ3v) is 5.46. The molecule has 9 nitrogen and oxygen atoms in total. The molecule has 0 spiro atoms. The minimum Gasteiger partial charge on any atom is -0.497 e. The van der Waals surface area contributed by atoms with E-state index in [0.29, 0.717) is 34.2 Å². The summed E-state index contributed by atoms with van der Waals surface area (Å²) in [6, 6.07) is 10.1. The molecule has 2 heterocycles. The van der Waals surface area contributed by atoms with Crippen LogP contribution in [0.4, 0.5) is 10.5 Å². The molecular weight excluding hydrogens is 424 g/mol. The van der Waals surface area contributed by atoms with E-state index in [1.165, 1.54) is 14.2 Å². The van der Waals surface area contributed by atoms with E-state index in [4.69, 9.17) is 18.9 Å². The Balaban J connectivity index is 1.47. The molecule has 2 aliphatic heterocycles. The van der Waals surface area contributed by atoms with Crippen LogP contribution in [-0.4, -0.2) is 49.5 Å². The van der Waals surface area contributed by atoms with Gasteiger partial charge in [-0.05, 0) is 48.2 Å². The molecule has 160 valence electrons. The van der Waals surface area contributed by atoms with Crippen LogP contribution in [0.3, 0.4) is 0 Å². The highest BCUT2D eigenvalue weighted by atomic mass is 32.2. The first-order valence-corrected chi connectivity index (χ1v) is 9.97. The van der Waals surface area contributed by atoms with Gasteiger partial charge in [0.15, 0.2) is 11.5 Å². The van der Waals surface area contributed by atoms with E-state index in [9.17, 15) is 14.4 Å². The van der Waals surface area contributed by atoms with Crippen molar-refractivity contribution in [3.8, 4) is 23.0 Å². The Labute approximate surface area is 181 Å². The predicted molar refractivity (Wildman–Crippen MR) is 113 cm³/mol. The second-order valence-corrected chi connectivity index (χ2v) is 7.49. The van der Waals surface area contributed by atoms with E-state index in [1.807, 2.05) is 0 Å². The summed E-state index contributed by atoms with van der Waals surface area (Å²) in [5.74, 6) is 1.13. The maximum atomic E-state index is 12.7. The lowest BCUT2D eigenvalue weighted by Crippen LogP contribution is -2.36. The van der Waals surface area contributed by atoms with E-state index in [2.05, 4.69) is 5.32 Å². The van der Waals surface area contributed by atoms with Crippen LogP contribution in [0.2, 0.25) is 0 Å². The Hall–Kier alpha value is -3.66. The van der Waals surface area contributed by atoms with Gasteiger partial charge in [0.2, 0.25) is 12.7 Å². The van der Waals surface area contributed by atoms with Gasteiger partial charge in [0.1, 0.15) is 18.0 Å². The van der Waals surface area contributed by atoms with Crippen LogP contribution in [0.25, 0.3) is 6.08 Å². The molecule has 0 bridgehead atoms. The molecule has 0 atom stereocenters. The number of benzene rings is 2. The van der Waals surface area contributed by atoms with Crippen LogP contribution in [0.1, 0.15) is 5.56 Å². The number of nitrogens with one attached hydrogen (secondary N) is 1. The summed E-state index contributed by atoms with van der Waals surface area (Å²) < 4.78 is 21.0. The van der Waals surface area contributed by atoms with Gasteiger partial charge in [-0.15, -0.1) is 0 Å². The highest BCUT2D eigenvalue weighted by Gasteiger charge is 2.36. The highest BCUT2D eigenvalue weighted by molar-refractivity contribution is 8.18. The average molecular weight is 442 g/mol. The molecule has 0 aliphatic carbocycles. The molecule has 0 aromatic heterocycles. The van der Waals surface area contributed by atoms with Gasteiger partial charge in [-0.25, -0.2) is 0 Å². The molecule has 0 saturated carbocycles. The van der Waals surface area contributed by atoms with Crippen LogP contribution in [0.5, 0.6) is 23.0 Å². The van der Waals surface area contributed by atoms with E-state index in [1.54, 1.807) is 42.5 Å². The molecule has 2 aromatic carbocycles. The molecule has 2 aliphatic rings. The third kappa shape index (κ3) is 4.29. The number of carbonyl (C=O) groups is 3. The van der Waals surface area contributed by atoms with Gasteiger partial charge in [0, 0.05) is 17.3 Å². The number of imide groups is 1. The van der Waals surface area contributed by atoms with Crippen molar-refractivity contribution >= 4 is 40.6 Å². The number of carbonyl (C=O) groups excluding carboxylic acids is 3. The monoisotopic (exact) mass is 442 g/mol. The summed E-state index contributed by atoms with van der Waals surface area (Å²) >= 11 is 0.759. The summed E-state index contributed by atoms with van der Waals surface area (Å²) in [5.41, 5.74) is 1.05. The molecule has 2 aromatic rings. The van der Waals surface area contributed by atoms with Crippen molar-refractivity contribution in [3.05, 3.63) is 46.9 Å².